The van der Waals surface area contributed by atoms with E-state index in [1.54, 1.807) is 0 Å². The first-order chi connectivity index (χ1) is 13.6. The van der Waals surface area contributed by atoms with E-state index in [2.05, 4.69) is 10.0 Å². The van der Waals surface area contributed by atoms with E-state index in [-0.39, 0.29) is 28.2 Å². The van der Waals surface area contributed by atoms with Crippen molar-refractivity contribution in [2.45, 2.75) is 30.0 Å². The molecule has 2 aromatic carbocycles. The van der Waals surface area contributed by atoms with E-state index in [1.165, 1.54) is 30.3 Å². The van der Waals surface area contributed by atoms with E-state index in [9.17, 15) is 26.4 Å². The van der Waals surface area contributed by atoms with Gasteiger partial charge in [-0.15, -0.1) is 0 Å². The van der Waals surface area contributed by atoms with Crippen molar-refractivity contribution in [2.75, 3.05) is 17.9 Å². The number of carbonyl (C=O) groups is 1. The Hall–Kier alpha value is -2.59. The van der Waals surface area contributed by atoms with Crippen molar-refractivity contribution in [3.05, 3.63) is 59.7 Å². The van der Waals surface area contributed by atoms with Gasteiger partial charge in [0.1, 0.15) is 0 Å². The van der Waals surface area contributed by atoms with Gasteiger partial charge in [0.25, 0.3) is 15.9 Å². The van der Waals surface area contributed by atoms with Crippen molar-refractivity contribution in [1.29, 1.82) is 0 Å². The van der Waals surface area contributed by atoms with E-state index in [0.717, 1.165) is 25.0 Å². The van der Waals surface area contributed by atoms with Crippen LogP contribution in [0.2, 0.25) is 0 Å². The Bertz CT molecular complexity index is 970. The molecule has 1 unspecified atom stereocenters. The number of sulfonamides is 1. The summed E-state index contributed by atoms with van der Waals surface area (Å²) in [5.74, 6) is -0.365. The van der Waals surface area contributed by atoms with Crippen LogP contribution >= 0.6 is 0 Å². The zero-order chi connectivity index (χ0) is 21.1. The Morgan fingerprint density at radius 2 is 1.86 bits per heavy atom. The molecular formula is C19H19F3N2O4S. The second-order valence-electron chi connectivity index (χ2n) is 6.55. The summed E-state index contributed by atoms with van der Waals surface area (Å²) in [6.45, 7) is 1.04. The first-order valence-corrected chi connectivity index (χ1v) is 10.3. The fourth-order valence-corrected chi connectivity index (χ4v) is 3.92. The van der Waals surface area contributed by atoms with Crippen LogP contribution in [0.5, 0.6) is 0 Å². The van der Waals surface area contributed by atoms with Gasteiger partial charge in [-0.1, -0.05) is 6.07 Å². The average molecular weight is 428 g/mol. The number of rotatable bonds is 6. The molecule has 2 aromatic rings. The molecule has 0 saturated carbocycles. The predicted molar refractivity (Wildman–Crippen MR) is 100 cm³/mol. The molecule has 0 spiro atoms. The van der Waals surface area contributed by atoms with Gasteiger partial charge in [-0.2, -0.15) is 13.2 Å². The Morgan fingerprint density at radius 1 is 1.14 bits per heavy atom. The van der Waals surface area contributed by atoms with Gasteiger partial charge in [0.15, 0.2) is 0 Å². The largest absolute Gasteiger partial charge is 0.416 e. The van der Waals surface area contributed by atoms with Gasteiger partial charge < -0.3 is 10.1 Å². The van der Waals surface area contributed by atoms with Gasteiger partial charge in [0.05, 0.1) is 16.6 Å². The molecule has 0 bridgehead atoms. The van der Waals surface area contributed by atoms with Gasteiger partial charge in [-0.3, -0.25) is 9.52 Å². The van der Waals surface area contributed by atoms with Crippen LogP contribution in [0, 0.1) is 0 Å². The summed E-state index contributed by atoms with van der Waals surface area (Å²) in [5.41, 5.74) is -0.907. The van der Waals surface area contributed by atoms with Gasteiger partial charge in [0, 0.05) is 24.4 Å². The summed E-state index contributed by atoms with van der Waals surface area (Å²) in [4.78, 5) is 12.0. The van der Waals surface area contributed by atoms with Crippen LogP contribution in [-0.2, 0) is 20.9 Å². The minimum absolute atomic E-state index is 0.0183. The minimum atomic E-state index is -4.58. The highest BCUT2D eigenvalue weighted by Crippen LogP contribution is 2.31. The van der Waals surface area contributed by atoms with E-state index in [4.69, 9.17) is 4.74 Å². The van der Waals surface area contributed by atoms with Gasteiger partial charge >= 0.3 is 6.18 Å². The third-order valence-corrected chi connectivity index (χ3v) is 5.78. The standard InChI is InChI=1S/C19H19F3N2O4S/c20-19(21,22)14-3-1-4-15(11-14)24-29(26,27)17-8-6-13(7-9-17)18(25)23-12-16-5-2-10-28-16/h1,3-4,6-9,11,16,24H,2,5,10,12H2,(H,23,25). The molecule has 0 radical (unpaired) electrons. The van der Waals surface area contributed by atoms with E-state index in [0.29, 0.717) is 19.2 Å². The average Bonchev–Trinajstić information content (AvgIpc) is 3.19. The lowest BCUT2D eigenvalue weighted by atomic mass is 10.2. The molecule has 3 rings (SSSR count). The summed E-state index contributed by atoms with van der Waals surface area (Å²) < 4.78 is 70.7. The zero-order valence-corrected chi connectivity index (χ0v) is 16.0. The van der Waals surface area contributed by atoms with Crippen molar-refractivity contribution in [1.82, 2.24) is 5.32 Å². The van der Waals surface area contributed by atoms with Crippen molar-refractivity contribution in [3.63, 3.8) is 0 Å². The topological polar surface area (TPSA) is 84.5 Å². The number of alkyl halides is 3. The van der Waals surface area contributed by atoms with E-state index < -0.39 is 21.8 Å². The number of ether oxygens (including phenoxy) is 1. The Labute approximate surface area is 166 Å². The highest BCUT2D eigenvalue weighted by Gasteiger charge is 2.30. The van der Waals surface area contributed by atoms with Crippen molar-refractivity contribution >= 4 is 21.6 Å². The van der Waals surface area contributed by atoms with Gasteiger partial charge in [0.2, 0.25) is 0 Å². The zero-order valence-electron chi connectivity index (χ0n) is 15.2. The second-order valence-corrected chi connectivity index (χ2v) is 8.24. The number of carbonyl (C=O) groups excluding carboxylic acids is 1. The maximum atomic E-state index is 12.8. The molecule has 1 amide bonds. The SMILES string of the molecule is O=C(NCC1CCCO1)c1ccc(S(=O)(=O)Nc2cccc(C(F)(F)F)c2)cc1. The molecule has 29 heavy (non-hydrogen) atoms. The van der Waals surface area contributed by atoms with Crippen LogP contribution in [0.1, 0.15) is 28.8 Å². The van der Waals surface area contributed by atoms with E-state index in [1.807, 2.05) is 0 Å². The monoisotopic (exact) mass is 428 g/mol. The summed E-state index contributed by atoms with van der Waals surface area (Å²) >= 11 is 0. The first kappa shape index (κ1) is 21.1. The number of anilines is 1. The molecule has 156 valence electrons. The predicted octanol–water partition coefficient (Wildman–Crippen LogP) is 3.42. The fourth-order valence-electron chi connectivity index (χ4n) is 2.87. The molecule has 1 aliphatic heterocycles. The summed E-state index contributed by atoms with van der Waals surface area (Å²) in [6.07, 6.45) is -2.78. The third kappa shape index (κ3) is 5.48. The second kappa shape index (κ2) is 8.42. The lowest BCUT2D eigenvalue weighted by Gasteiger charge is -2.12. The molecular weight excluding hydrogens is 409 g/mol. The molecule has 1 atom stereocenters. The number of hydrogen-bond donors (Lipinski definition) is 2. The van der Waals surface area contributed by atoms with Crippen LogP contribution in [-0.4, -0.2) is 33.6 Å². The van der Waals surface area contributed by atoms with Gasteiger partial charge in [-0.05, 0) is 55.3 Å². The highest BCUT2D eigenvalue weighted by atomic mass is 32.2. The maximum Gasteiger partial charge on any atom is 0.416 e. The fraction of sp³-hybridized carbons (Fsp3) is 0.316. The molecule has 0 aromatic heterocycles. The molecule has 2 N–H and O–H groups in total. The Morgan fingerprint density at radius 3 is 2.48 bits per heavy atom. The van der Waals surface area contributed by atoms with E-state index >= 15 is 0 Å². The van der Waals surface area contributed by atoms with Crippen molar-refractivity contribution in [2.24, 2.45) is 0 Å². The molecule has 0 aliphatic carbocycles. The number of benzene rings is 2. The Balaban J connectivity index is 1.67. The summed E-state index contributed by atoms with van der Waals surface area (Å²) in [5, 5.41) is 2.72. The van der Waals surface area contributed by atoms with Crippen LogP contribution in [0.3, 0.4) is 0 Å². The number of nitrogens with one attached hydrogen (secondary N) is 2. The normalized spacial score (nSPS) is 17.1. The van der Waals surface area contributed by atoms with Gasteiger partial charge in [-0.25, -0.2) is 8.42 Å². The quantitative estimate of drug-likeness (QED) is 0.739. The maximum absolute atomic E-state index is 12.8. The molecule has 10 heteroatoms. The lowest BCUT2D eigenvalue weighted by Crippen LogP contribution is -2.31. The molecule has 1 saturated heterocycles. The smallest absolute Gasteiger partial charge is 0.376 e. The van der Waals surface area contributed by atoms with Crippen LogP contribution in [0.25, 0.3) is 0 Å². The first-order valence-electron chi connectivity index (χ1n) is 8.85. The number of halogens is 3. The summed E-state index contributed by atoms with van der Waals surface area (Å²) in [7, 11) is -4.11. The van der Waals surface area contributed by atoms with Crippen LogP contribution in [0.15, 0.2) is 53.4 Å². The van der Waals surface area contributed by atoms with Crippen LogP contribution < -0.4 is 10.0 Å². The molecule has 6 nitrogen and oxygen atoms in total. The summed E-state index contributed by atoms with van der Waals surface area (Å²) in [6, 6.07) is 9.01. The number of hydrogen-bond acceptors (Lipinski definition) is 4. The molecule has 1 fully saturated rings. The lowest BCUT2D eigenvalue weighted by molar-refractivity contribution is -0.137. The van der Waals surface area contributed by atoms with Crippen molar-refractivity contribution in [3.8, 4) is 0 Å². The molecule has 1 heterocycles. The molecule has 1 aliphatic rings. The number of amides is 1. The van der Waals surface area contributed by atoms with Crippen molar-refractivity contribution < 1.29 is 31.1 Å². The third-order valence-electron chi connectivity index (χ3n) is 4.38. The van der Waals surface area contributed by atoms with Crippen LogP contribution in [0.4, 0.5) is 18.9 Å². The minimum Gasteiger partial charge on any atom is -0.376 e. The highest BCUT2D eigenvalue weighted by molar-refractivity contribution is 7.92. The Kier molecular flexibility index (Phi) is 6.13.